The van der Waals surface area contributed by atoms with Crippen LogP contribution in [0.4, 0.5) is 22.7 Å². The van der Waals surface area contributed by atoms with Crippen LogP contribution in [0.5, 0.6) is 0 Å². The molecule has 0 saturated carbocycles. The summed E-state index contributed by atoms with van der Waals surface area (Å²) >= 11 is 0. The van der Waals surface area contributed by atoms with Crippen molar-refractivity contribution in [2.24, 2.45) is 0 Å². The third-order valence-corrected chi connectivity index (χ3v) is 13.2. The van der Waals surface area contributed by atoms with Gasteiger partial charge in [0.2, 0.25) is 0 Å². The Kier molecular flexibility index (Phi) is 8.53. The lowest BCUT2D eigenvalue weighted by atomic mass is 10.0. The molecule has 0 amide bonds. The Morgan fingerprint density at radius 3 is 0.810 bits per heavy atom. The van der Waals surface area contributed by atoms with Crippen molar-refractivity contribution < 1.29 is 0 Å². The minimum Gasteiger partial charge on any atom is -0.312 e. The highest BCUT2D eigenvalue weighted by Crippen LogP contribution is 2.57. The molecule has 10 rings (SSSR count). The van der Waals surface area contributed by atoms with Crippen LogP contribution in [0.2, 0.25) is 0 Å². The van der Waals surface area contributed by atoms with Gasteiger partial charge in [0.25, 0.3) is 0 Å². The quantitative estimate of drug-likeness (QED) is 0.194. The maximum atomic E-state index is 2.71. The molecule has 0 unspecified atom stereocenters. The SMILES string of the molecule is CC1=CC=C(C)C1N1/C(=C2/N(C3C(C)=CC=C3C)c3ccc(-c4ccccc4)cc3N2C2C(C)=CC=C2C)N(C2C(C)=CC=C2C)c2cc(-c3ccccc3)ccc21. The summed E-state index contributed by atoms with van der Waals surface area (Å²) in [6, 6.07) is 36.3. The van der Waals surface area contributed by atoms with Gasteiger partial charge in [0, 0.05) is 0 Å². The highest BCUT2D eigenvalue weighted by Gasteiger charge is 2.51. The molecule has 58 heavy (non-hydrogen) atoms. The van der Waals surface area contributed by atoms with E-state index >= 15 is 0 Å². The molecule has 0 atom stereocenters. The van der Waals surface area contributed by atoms with E-state index in [1.807, 2.05) is 0 Å². The number of benzene rings is 4. The van der Waals surface area contributed by atoms with Crippen LogP contribution in [-0.2, 0) is 0 Å². The third kappa shape index (κ3) is 5.41. The summed E-state index contributed by atoms with van der Waals surface area (Å²) in [7, 11) is 0. The fourth-order valence-electron chi connectivity index (χ4n) is 10.5. The zero-order valence-electron chi connectivity index (χ0n) is 35.0. The Morgan fingerprint density at radius 1 is 0.276 bits per heavy atom. The largest absolute Gasteiger partial charge is 0.312 e. The molecule has 288 valence electrons. The van der Waals surface area contributed by atoms with Crippen LogP contribution in [0.15, 0.2) is 202 Å². The molecule has 4 aromatic rings. The topological polar surface area (TPSA) is 13.0 Å². The maximum absolute atomic E-state index is 2.71. The summed E-state index contributed by atoms with van der Waals surface area (Å²) in [6.45, 7) is 18.5. The van der Waals surface area contributed by atoms with Gasteiger partial charge in [0.1, 0.15) is 0 Å². The zero-order valence-corrected chi connectivity index (χ0v) is 35.0. The van der Waals surface area contributed by atoms with E-state index < -0.39 is 0 Å². The summed E-state index contributed by atoms with van der Waals surface area (Å²) in [5, 5.41) is 0. The number of hydrogen-bond acceptors (Lipinski definition) is 4. The normalized spacial score (nSPS) is 21.0. The number of nitrogens with zero attached hydrogens (tertiary/aromatic N) is 4. The van der Waals surface area contributed by atoms with Crippen molar-refractivity contribution in [2.75, 3.05) is 19.6 Å². The molecule has 4 nitrogen and oxygen atoms in total. The fourth-order valence-corrected chi connectivity index (χ4v) is 10.5. The number of anilines is 4. The van der Waals surface area contributed by atoms with Crippen LogP contribution in [0.1, 0.15) is 55.4 Å². The molecule has 0 spiro atoms. The third-order valence-electron chi connectivity index (χ3n) is 13.2. The number of rotatable bonds is 6. The Hall–Kier alpha value is -6.26. The van der Waals surface area contributed by atoms with Crippen molar-refractivity contribution in [3.05, 3.63) is 202 Å². The lowest BCUT2D eigenvalue weighted by Crippen LogP contribution is -2.50. The first-order valence-corrected chi connectivity index (χ1v) is 20.8. The van der Waals surface area contributed by atoms with Crippen LogP contribution in [0.3, 0.4) is 0 Å². The van der Waals surface area contributed by atoms with E-state index in [9.17, 15) is 0 Å². The van der Waals surface area contributed by atoms with Crippen molar-refractivity contribution in [3.63, 3.8) is 0 Å². The van der Waals surface area contributed by atoms with Crippen molar-refractivity contribution in [1.82, 2.24) is 0 Å². The summed E-state index contributed by atoms with van der Waals surface area (Å²) in [4.78, 5) is 10.8. The zero-order chi connectivity index (χ0) is 40.0. The van der Waals surface area contributed by atoms with Crippen LogP contribution in [0.25, 0.3) is 22.3 Å². The van der Waals surface area contributed by atoms with Gasteiger partial charge in [-0.05, 0) is 146 Å². The molecule has 0 N–H and O–H groups in total. The molecule has 0 bridgehead atoms. The van der Waals surface area contributed by atoms with Gasteiger partial charge in [-0.25, -0.2) is 0 Å². The predicted octanol–water partition coefficient (Wildman–Crippen LogP) is 13.2. The molecule has 4 heteroatoms. The van der Waals surface area contributed by atoms with E-state index in [2.05, 4.69) is 221 Å². The molecule has 4 aromatic carbocycles. The summed E-state index contributed by atoms with van der Waals surface area (Å²) in [5.41, 5.74) is 20.6. The molecule has 4 aliphatic carbocycles. The number of allylic oxidation sites excluding steroid dienone is 8. The number of fused-ring (bicyclic) bond motifs is 2. The lowest BCUT2D eigenvalue weighted by Gasteiger charge is -2.42. The highest BCUT2D eigenvalue weighted by atomic mass is 15.5. The minimum atomic E-state index is 0.0493. The van der Waals surface area contributed by atoms with Crippen LogP contribution >= 0.6 is 0 Å². The van der Waals surface area contributed by atoms with Gasteiger partial charge in [0.15, 0.2) is 11.6 Å². The Balaban J connectivity index is 1.34. The smallest absolute Gasteiger partial charge is 0.157 e. The molecule has 0 aromatic heterocycles. The Bertz CT molecular complexity index is 2420. The van der Waals surface area contributed by atoms with Gasteiger partial charge < -0.3 is 19.6 Å². The van der Waals surface area contributed by atoms with E-state index in [4.69, 9.17) is 0 Å². The standard InChI is InChI=1S/C54H52N4/c1-33-19-20-34(2)49(33)55-45-29-27-43(41-15-11-9-12-16-41)31-47(45)57(51-37(5)23-24-38(51)6)53(55)54-56(50-35(3)21-22-36(50)4)46-30-28-44(42-17-13-10-14-18-42)32-48(46)58(54)52-39(7)25-26-40(52)8/h9-32,49-52H,1-8H3/b54-53+. The van der Waals surface area contributed by atoms with Crippen LogP contribution in [-0.4, -0.2) is 24.2 Å². The molecule has 0 radical (unpaired) electrons. The van der Waals surface area contributed by atoms with Gasteiger partial charge >= 0.3 is 0 Å². The van der Waals surface area contributed by atoms with Crippen molar-refractivity contribution >= 4 is 22.7 Å². The summed E-state index contributed by atoms with van der Waals surface area (Å²) in [5.74, 6) is 2.44. The van der Waals surface area contributed by atoms with E-state index in [1.165, 1.54) is 101 Å². The fraction of sp³-hybridized carbons (Fsp3) is 0.222. The monoisotopic (exact) mass is 756 g/mol. The Morgan fingerprint density at radius 2 is 0.534 bits per heavy atom. The van der Waals surface area contributed by atoms with E-state index in [0.717, 1.165) is 0 Å². The molecule has 2 heterocycles. The van der Waals surface area contributed by atoms with Gasteiger partial charge in [-0.2, -0.15) is 0 Å². The van der Waals surface area contributed by atoms with Crippen LogP contribution in [0, 0.1) is 0 Å². The summed E-state index contributed by atoms with van der Waals surface area (Å²) < 4.78 is 0. The highest BCUT2D eigenvalue weighted by molar-refractivity contribution is 5.95. The molecule has 6 aliphatic rings. The second kappa shape index (κ2) is 13.7. The van der Waals surface area contributed by atoms with Gasteiger partial charge in [-0.1, -0.05) is 121 Å². The van der Waals surface area contributed by atoms with Crippen molar-refractivity contribution in [2.45, 2.75) is 79.6 Å². The van der Waals surface area contributed by atoms with Crippen molar-refractivity contribution in [3.8, 4) is 22.3 Å². The van der Waals surface area contributed by atoms with Crippen molar-refractivity contribution in [1.29, 1.82) is 0 Å². The molecule has 0 fully saturated rings. The summed E-state index contributed by atoms with van der Waals surface area (Å²) in [6.07, 6.45) is 18.6. The van der Waals surface area contributed by atoms with Gasteiger partial charge in [-0.15, -0.1) is 0 Å². The van der Waals surface area contributed by atoms with Gasteiger partial charge in [0.05, 0.1) is 46.9 Å². The average molecular weight is 757 g/mol. The lowest BCUT2D eigenvalue weighted by molar-refractivity contribution is 0.700. The second-order valence-corrected chi connectivity index (χ2v) is 17.2. The van der Waals surface area contributed by atoms with E-state index in [-0.39, 0.29) is 24.2 Å². The van der Waals surface area contributed by atoms with E-state index in [0.29, 0.717) is 0 Å². The maximum Gasteiger partial charge on any atom is 0.157 e. The minimum absolute atomic E-state index is 0.0493. The molecule has 2 aliphatic heterocycles. The first-order valence-electron chi connectivity index (χ1n) is 20.8. The van der Waals surface area contributed by atoms with Crippen LogP contribution < -0.4 is 19.6 Å². The van der Waals surface area contributed by atoms with E-state index in [1.54, 1.807) is 0 Å². The number of hydrogen-bond donors (Lipinski definition) is 0. The predicted molar refractivity (Wildman–Crippen MR) is 246 cm³/mol. The average Bonchev–Trinajstić information content (AvgIpc) is 4.07. The first-order chi connectivity index (χ1) is 28.1. The molecular weight excluding hydrogens is 705 g/mol. The molecular formula is C54H52N4. The molecule has 0 saturated heterocycles. The Labute approximate surface area is 344 Å². The van der Waals surface area contributed by atoms with Gasteiger partial charge in [-0.3, -0.25) is 0 Å². The second-order valence-electron chi connectivity index (χ2n) is 17.2. The first kappa shape index (κ1) is 36.1.